The molecule has 0 fully saturated rings. The predicted octanol–water partition coefficient (Wildman–Crippen LogP) is 3.83. The second kappa shape index (κ2) is 5.19. The molecule has 0 spiro atoms. The lowest BCUT2D eigenvalue weighted by molar-refractivity contribution is 0.963. The largest absolute Gasteiger partial charge is 0.387 e. The Hall–Kier alpha value is -2.81. The van der Waals surface area contributed by atoms with Gasteiger partial charge in [-0.05, 0) is 36.8 Å². The van der Waals surface area contributed by atoms with Crippen molar-refractivity contribution in [3.63, 3.8) is 0 Å². The van der Waals surface area contributed by atoms with Crippen LogP contribution in [0.1, 0.15) is 11.4 Å². The lowest BCUT2D eigenvalue weighted by Gasteiger charge is -2.12. The Morgan fingerprint density at radius 1 is 1.09 bits per heavy atom. The van der Waals surface area contributed by atoms with Crippen LogP contribution in [0.4, 0.5) is 0 Å². The number of aryl methyl sites for hydroxylation is 1. The van der Waals surface area contributed by atoms with Gasteiger partial charge in [-0.3, -0.25) is 4.57 Å². The van der Waals surface area contributed by atoms with Crippen LogP contribution in [-0.2, 0) is 0 Å². The van der Waals surface area contributed by atoms with E-state index in [4.69, 9.17) is 4.98 Å². The molecule has 3 heteroatoms. The Balaban J connectivity index is 2.02. The molecule has 0 radical (unpaired) electrons. The molecule has 2 aromatic carbocycles. The van der Waals surface area contributed by atoms with Crippen molar-refractivity contribution in [2.24, 2.45) is 0 Å². The van der Waals surface area contributed by atoms with Gasteiger partial charge in [0.25, 0.3) is 0 Å². The Kier molecular flexibility index (Phi) is 3.04. The van der Waals surface area contributed by atoms with Crippen LogP contribution in [0.3, 0.4) is 0 Å². The molecule has 1 aromatic heterocycles. The molecule has 4 rings (SSSR count). The van der Waals surface area contributed by atoms with Gasteiger partial charge in [0, 0.05) is 24.0 Å². The monoisotopic (exact) mass is 287 g/mol. The quantitative estimate of drug-likeness (QED) is 0.776. The molecular weight excluding hydrogens is 270 g/mol. The molecular formula is C19H17N3. The average Bonchev–Trinajstić information content (AvgIpc) is 2.95. The molecule has 0 aliphatic carbocycles. The highest BCUT2D eigenvalue weighted by molar-refractivity contribution is 5.85. The molecule has 0 bridgehead atoms. The van der Waals surface area contributed by atoms with Crippen LogP contribution in [0.5, 0.6) is 0 Å². The van der Waals surface area contributed by atoms with Crippen molar-refractivity contribution in [3.05, 3.63) is 78.3 Å². The average molecular weight is 287 g/mol. The van der Waals surface area contributed by atoms with Crippen LogP contribution in [0.2, 0.25) is 0 Å². The molecule has 22 heavy (non-hydrogen) atoms. The van der Waals surface area contributed by atoms with Gasteiger partial charge in [-0.15, -0.1) is 0 Å². The molecule has 1 aliphatic rings. The third-order valence-corrected chi connectivity index (χ3v) is 3.87. The predicted molar refractivity (Wildman–Crippen MR) is 90.9 cm³/mol. The topological polar surface area (TPSA) is 29.9 Å². The minimum absolute atomic E-state index is 0.869. The zero-order valence-electron chi connectivity index (χ0n) is 12.5. The maximum absolute atomic E-state index is 4.88. The van der Waals surface area contributed by atoms with Gasteiger partial charge in [0.2, 0.25) is 0 Å². The highest BCUT2D eigenvalue weighted by atomic mass is 15.1. The number of hydrogen-bond donors (Lipinski definition) is 1. The molecule has 2 heterocycles. The van der Waals surface area contributed by atoms with E-state index in [2.05, 4.69) is 71.4 Å². The van der Waals surface area contributed by atoms with E-state index in [-0.39, 0.29) is 0 Å². The van der Waals surface area contributed by atoms with E-state index in [0.29, 0.717) is 0 Å². The van der Waals surface area contributed by atoms with Gasteiger partial charge in [0.15, 0.2) is 0 Å². The number of nitrogens with one attached hydrogen (secondary N) is 1. The van der Waals surface area contributed by atoms with E-state index in [1.807, 2.05) is 12.3 Å². The first kappa shape index (κ1) is 12.9. The van der Waals surface area contributed by atoms with Crippen LogP contribution in [0.15, 0.2) is 66.9 Å². The SMILES string of the molecule is Cc1ccc2c(c1)nc(C1=CNCC=C1)n2-c1ccccc1. The molecule has 108 valence electrons. The summed E-state index contributed by atoms with van der Waals surface area (Å²) >= 11 is 0. The number of para-hydroxylation sites is 1. The molecule has 0 amide bonds. The first-order valence-corrected chi connectivity index (χ1v) is 7.48. The van der Waals surface area contributed by atoms with Crippen molar-refractivity contribution in [3.8, 4) is 5.69 Å². The fourth-order valence-corrected chi connectivity index (χ4v) is 2.83. The number of allylic oxidation sites excluding steroid dienone is 2. The van der Waals surface area contributed by atoms with Gasteiger partial charge in [-0.2, -0.15) is 0 Å². The summed E-state index contributed by atoms with van der Waals surface area (Å²) < 4.78 is 2.22. The summed E-state index contributed by atoms with van der Waals surface area (Å²) in [4.78, 5) is 4.88. The van der Waals surface area contributed by atoms with Gasteiger partial charge < -0.3 is 5.32 Å². The lowest BCUT2D eigenvalue weighted by atomic mass is 10.2. The van der Waals surface area contributed by atoms with Gasteiger partial charge >= 0.3 is 0 Å². The third-order valence-electron chi connectivity index (χ3n) is 3.87. The maximum atomic E-state index is 4.88. The summed E-state index contributed by atoms with van der Waals surface area (Å²) in [6, 6.07) is 16.8. The van der Waals surface area contributed by atoms with Gasteiger partial charge in [-0.1, -0.05) is 36.4 Å². The standard InChI is InChI=1S/C19H17N3/c1-14-9-10-18-17(12-14)21-19(15-6-5-11-20-13-15)22(18)16-7-3-2-4-8-16/h2-10,12-13,20H,11H2,1H3. The van der Waals surface area contributed by atoms with E-state index in [9.17, 15) is 0 Å². The first-order chi connectivity index (χ1) is 10.8. The van der Waals surface area contributed by atoms with Crippen LogP contribution in [0.25, 0.3) is 22.3 Å². The number of nitrogens with zero attached hydrogens (tertiary/aromatic N) is 2. The number of hydrogen-bond acceptors (Lipinski definition) is 2. The highest BCUT2D eigenvalue weighted by Gasteiger charge is 2.15. The zero-order valence-corrected chi connectivity index (χ0v) is 12.5. The van der Waals surface area contributed by atoms with E-state index < -0.39 is 0 Å². The van der Waals surface area contributed by atoms with Gasteiger partial charge in [0.1, 0.15) is 5.82 Å². The van der Waals surface area contributed by atoms with Crippen LogP contribution < -0.4 is 5.32 Å². The molecule has 0 atom stereocenters. The molecule has 0 saturated heterocycles. The summed E-state index contributed by atoms with van der Waals surface area (Å²) in [5.74, 6) is 0.968. The van der Waals surface area contributed by atoms with Crippen LogP contribution in [0, 0.1) is 6.92 Å². The van der Waals surface area contributed by atoms with Gasteiger partial charge in [-0.25, -0.2) is 4.98 Å². The number of rotatable bonds is 2. The molecule has 3 nitrogen and oxygen atoms in total. The van der Waals surface area contributed by atoms with E-state index in [1.165, 1.54) is 5.56 Å². The smallest absolute Gasteiger partial charge is 0.147 e. The molecule has 3 aromatic rings. The normalized spacial score (nSPS) is 14.0. The summed E-state index contributed by atoms with van der Waals surface area (Å²) in [6.07, 6.45) is 6.28. The van der Waals surface area contributed by atoms with Crippen molar-refractivity contribution in [2.75, 3.05) is 6.54 Å². The maximum Gasteiger partial charge on any atom is 0.147 e. The fraction of sp³-hybridized carbons (Fsp3) is 0.105. The molecule has 0 unspecified atom stereocenters. The highest BCUT2D eigenvalue weighted by Crippen LogP contribution is 2.27. The lowest BCUT2D eigenvalue weighted by Crippen LogP contribution is -2.10. The number of fused-ring (bicyclic) bond motifs is 1. The summed E-state index contributed by atoms with van der Waals surface area (Å²) in [5, 5.41) is 3.27. The summed E-state index contributed by atoms with van der Waals surface area (Å²) in [7, 11) is 0. The molecule has 0 saturated carbocycles. The minimum atomic E-state index is 0.869. The zero-order chi connectivity index (χ0) is 14.9. The Morgan fingerprint density at radius 2 is 1.95 bits per heavy atom. The second-order valence-electron chi connectivity index (χ2n) is 5.51. The summed E-state index contributed by atoms with van der Waals surface area (Å²) in [5.41, 5.74) is 5.61. The molecule has 1 N–H and O–H groups in total. The van der Waals surface area contributed by atoms with Crippen molar-refractivity contribution in [2.45, 2.75) is 6.92 Å². The Labute approximate surface area is 129 Å². The van der Waals surface area contributed by atoms with Crippen molar-refractivity contribution in [1.29, 1.82) is 0 Å². The fourth-order valence-electron chi connectivity index (χ4n) is 2.83. The number of imidazole rings is 1. The van der Waals surface area contributed by atoms with E-state index >= 15 is 0 Å². The second-order valence-corrected chi connectivity index (χ2v) is 5.51. The Bertz CT molecular complexity index is 886. The van der Waals surface area contributed by atoms with E-state index in [0.717, 1.165) is 34.7 Å². The minimum Gasteiger partial charge on any atom is -0.387 e. The number of aromatic nitrogens is 2. The van der Waals surface area contributed by atoms with Crippen LogP contribution >= 0.6 is 0 Å². The summed E-state index contributed by atoms with van der Waals surface area (Å²) in [6.45, 7) is 2.97. The van der Waals surface area contributed by atoms with Crippen molar-refractivity contribution < 1.29 is 0 Å². The third kappa shape index (κ3) is 2.11. The van der Waals surface area contributed by atoms with Crippen molar-refractivity contribution >= 4 is 16.6 Å². The van der Waals surface area contributed by atoms with Crippen LogP contribution in [-0.4, -0.2) is 16.1 Å². The Morgan fingerprint density at radius 3 is 2.73 bits per heavy atom. The van der Waals surface area contributed by atoms with Crippen molar-refractivity contribution in [1.82, 2.24) is 14.9 Å². The number of dihydropyridines is 1. The molecule has 1 aliphatic heterocycles. The van der Waals surface area contributed by atoms with Gasteiger partial charge in [0.05, 0.1) is 11.0 Å². The first-order valence-electron chi connectivity index (χ1n) is 7.48. The number of benzene rings is 2. The van der Waals surface area contributed by atoms with E-state index in [1.54, 1.807) is 0 Å².